The summed E-state index contributed by atoms with van der Waals surface area (Å²) in [4.78, 5) is 20.9. The third kappa shape index (κ3) is 3.89. The zero-order valence-corrected chi connectivity index (χ0v) is 12.4. The Morgan fingerprint density at radius 2 is 0.850 bits per heavy atom. The topological polar surface area (TPSA) is 34.1 Å². The first-order valence-electron chi connectivity index (χ1n) is 6.54. The van der Waals surface area contributed by atoms with E-state index in [1.54, 1.807) is 0 Å². The Balaban J connectivity index is 0.000000200. The largest absolute Gasteiger partial charge is 0.298 e. The summed E-state index contributed by atoms with van der Waals surface area (Å²) in [6, 6.07) is 11.7. The number of aryl methyl sites for hydroxylation is 4. The van der Waals surface area contributed by atoms with Crippen LogP contribution in [0.2, 0.25) is 0 Å². The van der Waals surface area contributed by atoms with Gasteiger partial charge in [-0.3, -0.25) is 9.59 Å². The molecule has 0 aromatic heterocycles. The summed E-state index contributed by atoms with van der Waals surface area (Å²) >= 11 is 0. The molecule has 2 aromatic rings. The molecule has 2 aromatic carbocycles. The molecule has 2 rings (SSSR count). The van der Waals surface area contributed by atoms with E-state index in [0.717, 1.165) is 46.0 Å². The van der Waals surface area contributed by atoms with Crippen molar-refractivity contribution in [2.24, 2.45) is 0 Å². The van der Waals surface area contributed by atoms with E-state index in [9.17, 15) is 9.59 Å². The van der Waals surface area contributed by atoms with E-state index >= 15 is 0 Å². The molecular formula is C18H20O2. The van der Waals surface area contributed by atoms with Crippen LogP contribution in [0.25, 0.3) is 0 Å². The van der Waals surface area contributed by atoms with E-state index in [1.807, 2.05) is 64.1 Å². The molecule has 20 heavy (non-hydrogen) atoms. The van der Waals surface area contributed by atoms with Crippen LogP contribution in [0.15, 0.2) is 36.4 Å². The fourth-order valence-corrected chi connectivity index (χ4v) is 2.03. The second-order valence-electron chi connectivity index (χ2n) is 4.85. The van der Waals surface area contributed by atoms with Gasteiger partial charge in [-0.1, -0.05) is 36.4 Å². The maximum absolute atomic E-state index is 10.4. The molecule has 0 heterocycles. The number of aldehydes is 2. The molecule has 0 N–H and O–H groups in total. The molecule has 2 nitrogen and oxygen atoms in total. The van der Waals surface area contributed by atoms with Crippen molar-refractivity contribution >= 4 is 12.6 Å². The standard InChI is InChI=1S/2C9H10O/c2*1-7-4-3-5-8(2)9(7)6-10/h2*3-6H,1-2H3. The van der Waals surface area contributed by atoms with E-state index < -0.39 is 0 Å². The van der Waals surface area contributed by atoms with Gasteiger partial charge in [-0.2, -0.15) is 0 Å². The molecule has 0 fully saturated rings. The normalized spacial score (nSPS) is 9.40. The lowest BCUT2D eigenvalue weighted by Crippen LogP contribution is -1.89. The lowest BCUT2D eigenvalue weighted by molar-refractivity contribution is 0.111. The van der Waals surface area contributed by atoms with Gasteiger partial charge < -0.3 is 0 Å². The Kier molecular flexibility index (Phi) is 5.85. The summed E-state index contributed by atoms with van der Waals surface area (Å²) in [5, 5.41) is 0. The van der Waals surface area contributed by atoms with Crippen molar-refractivity contribution in [3.8, 4) is 0 Å². The van der Waals surface area contributed by atoms with E-state index in [1.165, 1.54) is 0 Å². The average molecular weight is 268 g/mol. The zero-order chi connectivity index (χ0) is 15.1. The molecule has 0 aliphatic rings. The Morgan fingerprint density at radius 1 is 0.600 bits per heavy atom. The van der Waals surface area contributed by atoms with Gasteiger partial charge in [-0.15, -0.1) is 0 Å². The fourth-order valence-electron chi connectivity index (χ4n) is 2.03. The van der Waals surface area contributed by atoms with Crippen LogP contribution in [0.5, 0.6) is 0 Å². The molecule has 0 aliphatic carbocycles. The van der Waals surface area contributed by atoms with Crippen LogP contribution in [0.4, 0.5) is 0 Å². The number of hydrogen-bond acceptors (Lipinski definition) is 2. The first kappa shape index (κ1) is 15.8. The average Bonchev–Trinajstić information content (AvgIpc) is 2.40. The molecular weight excluding hydrogens is 248 g/mol. The summed E-state index contributed by atoms with van der Waals surface area (Å²) in [5.74, 6) is 0. The van der Waals surface area contributed by atoms with Crippen molar-refractivity contribution in [2.45, 2.75) is 27.7 Å². The molecule has 0 unspecified atom stereocenters. The van der Waals surface area contributed by atoms with Crippen molar-refractivity contribution in [1.29, 1.82) is 0 Å². The first-order valence-corrected chi connectivity index (χ1v) is 6.54. The molecule has 0 spiro atoms. The van der Waals surface area contributed by atoms with Crippen LogP contribution in [-0.4, -0.2) is 12.6 Å². The monoisotopic (exact) mass is 268 g/mol. The molecule has 0 radical (unpaired) electrons. The number of rotatable bonds is 2. The summed E-state index contributed by atoms with van der Waals surface area (Å²) in [5.41, 5.74) is 5.85. The molecule has 2 heteroatoms. The third-order valence-electron chi connectivity index (χ3n) is 3.32. The van der Waals surface area contributed by atoms with Crippen molar-refractivity contribution in [3.05, 3.63) is 69.8 Å². The highest BCUT2D eigenvalue weighted by atomic mass is 16.1. The molecule has 0 saturated carbocycles. The van der Waals surface area contributed by atoms with Gasteiger partial charge in [0.05, 0.1) is 0 Å². The Bertz CT molecular complexity index is 517. The van der Waals surface area contributed by atoms with Crippen LogP contribution in [0, 0.1) is 27.7 Å². The minimum absolute atomic E-state index is 0.822. The highest BCUT2D eigenvalue weighted by Gasteiger charge is 1.98. The van der Waals surface area contributed by atoms with Crippen molar-refractivity contribution in [1.82, 2.24) is 0 Å². The summed E-state index contributed by atoms with van der Waals surface area (Å²) in [6.07, 6.45) is 1.81. The second kappa shape index (κ2) is 7.39. The maximum Gasteiger partial charge on any atom is 0.150 e. The summed E-state index contributed by atoms with van der Waals surface area (Å²) in [7, 11) is 0. The van der Waals surface area contributed by atoms with E-state index in [2.05, 4.69) is 0 Å². The smallest absolute Gasteiger partial charge is 0.150 e. The van der Waals surface area contributed by atoms with E-state index in [0.29, 0.717) is 0 Å². The van der Waals surface area contributed by atoms with Crippen molar-refractivity contribution < 1.29 is 9.59 Å². The number of carbonyl (C=O) groups excluding carboxylic acids is 2. The predicted octanol–water partition coefficient (Wildman–Crippen LogP) is 4.23. The van der Waals surface area contributed by atoms with E-state index in [4.69, 9.17) is 0 Å². The van der Waals surface area contributed by atoms with Gasteiger partial charge >= 0.3 is 0 Å². The van der Waals surface area contributed by atoms with Crippen molar-refractivity contribution in [2.75, 3.05) is 0 Å². The van der Waals surface area contributed by atoms with Crippen LogP contribution >= 0.6 is 0 Å². The third-order valence-corrected chi connectivity index (χ3v) is 3.32. The van der Waals surface area contributed by atoms with Crippen LogP contribution in [0.1, 0.15) is 43.0 Å². The molecule has 0 atom stereocenters. The van der Waals surface area contributed by atoms with Gasteiger partial charge in [0.25, 0.3) is 0 Å². The molecule has 0 saturated heterocycles. The van der Waals surface area contributed by atoms with Gasteiger partial charge in [-0.05, 0) is 49.9 Å². The van der Waals surface area contributed by atoms with Gasteiger partial charge in [0, 0.05) is 11.1 Å². The lowest BCUT2D eigenvalue weighted by atomic mass is 10.1. The molecule has 0 aliphatic heterocycles. The fraction of sp³-hybridized carbons (Fsp3) is 0.222. The molecule has 0 bridgehead atoms. The van der Waals surface area contributed by atoms with Gasteiger partial charge in [0.2, 0.25) is 0 Å². The minimum Gasteiger partial charge on any atom is -0.298 e. The highest BCUT2D eigenvalue weighted by molar-refractivity contribution is 5.79. The van der Waals surface area contributed by atoms with Crippen LogP contribution in [-0.2, 0) is 0 Å². The quantitative estimate of drug-likeness (QED) is 0.764. The number of hydrogen-bond donors (Lipinski definition) is 0. The molecule has 104 valence electrons. The Labute approximate surface area is 120 Å². The SMILES string of the molecule is Cc1cccc(C)c1C=O.Cc1cccc(C)c1C=O. The Morgan fingerprint density at radius 3 is 1.00 bits per heavy atom. The Hall–Kier alpha value is -2.22. The van der Waals surface area contributed by atoms with Crippen LogP contribution < -0.4 is 0 Å². The number of carbonyl (C=O) groups is 2. The van der Waals surface area contributed by atoms with Gasteiger partial charge in [0.15, 0.2) is 12.6 Å². The van der Waals surface area contributed by atoms with Crippen molar-refractivity contribution in [3.63, 3.8) is 0 Å². The first-order chi connectivity index (χ1) is 9.51. The van der Waals surface area contributed by atoms with Gasteiger partial charge in [-0.25, -0.2) is 0 Å². The maximum atomic E-state index is 10.4. The minimum atomic E-state index is 0.822. The predicted molar refractivity (Wildman–Crippen MR) is 82.6 cm³/mol. The van der Waals surface area contributed by atoms with Crippen LogP contribution in [0.3, 0.4) is 0 Å². The van der Waals surface area contributed by atoms with Gasteiger partial charge in [0.1, 0.15) is 0 Å². The number of benzene rings is 2. The molecule has 0 amide bonds. The zero-order valence-electron chi connectivity index (χ0n) is 12.4. The highest BCUT2D eigenvalue weighted by Crippen LogP contribution is 2.10. The van der Waals surface area contributed by atoms with E-state index in [-0.39, 0.29) is 0 Å². The second-order valence-corrected chi connectivity index (χ2v) is 4.85. The summed E-state index contributed by atoms with van der Waals surface area (Å²) in [6.45, 7) is 7.76. The lowest BCUT2D eigenvalue weighted by Gasteiger charge is -1.99. The summed E-state index contributed by atoms with van der Waals surface area (Å²) < 4.78 is 0.